The second-order valence-corrected chi connectivity index (χ2v) is 14.8. The Labute approximate surface area is 198 Å². The SMILES string of the molecule is CC(C)CCC[C@@H](C)[C@@H]1CC[C@@H]2[C@@H]3CC[C@H]4[C@H](Br)[C@H](Br)CC[C@]4(C)[C@H]3CC[C@]21C. The Morgan fingerprint density at radius 1 is 0.759 bits per heavy atom. The summed E-state index contributed by atoms with van der Waals surface area (Å²) in [6.45, 7) is 12.8. The minimum atomic E-state index is 0.587. The normalized spacial score (nSPS) is 50.7. The van der Waals surface area contributed by atoms with E-state index >= 15 is 0 Å². The lowest BCUT2D eigenvalue weighted by molar-refractivity contribution is -0.111. The van der Waals surface area contributed by atoms with Crippen molar-refractivity contribution in [3.8, 4) is 0 Å². The molecule has 0 nitrogen and oxygen atoms in total. The van der Waals surface area contributed by atoms with Gasteiger partial charge in [-0.1, -0.05) is 85.7 Å². The fourth-order valence-corrected chi connectivity index (χ4v) is 11.0. The van der Waals surface area contributed by atoms with Gasteiger partial charge in [-0.25, -0.2) is 0 Å². The molecular weight excluding hydrogens is 484 g/mol. The van der Waals surface area contributed by atoms with Gasteiger partial charge in [0.1, 0.15) is 0 Å². The van der Waals surface area contributed by atoms with E-state index < -0.39 is 0 Å². The highest BCUT2D eigenvalue weighted by Crippen LogP contribution is 2.69. The van der Waals surface area contributed by atoms with E-state index in [1.807, 2.05) is 0 Å². The van der Waals surface area contributed by atoms with Crippen molar-refractivity contribution in [1.82, 2.24) is 0 Å². The van der Waals surface area contributed by atoms with Crippen LogP contribution in [0.1, 0.15) is 105 Å². The number of halogens is 2. The molecule has 0 aromatic heterocycles. The highest BCUT2D eigenvalue weighted by molar-refractivity contribution is 9.12. The molecule has 4 aliphatic rings. The van der Waals surface area contributed by atoms with E-state index in [9.17, 15) is 0 Å². The zero-order valence-electron chi connectivity index (χ0n) is 19.7. The Bertz CT molecular complexity index is 573. The molecule has 168 valence electrons. The molecule has 10 atom stereocenters. The summed E-state index contributed by atoms with van der Waals surface area (Å²) >= 11 is 8.12. The first-order chi connectivity index (χ1) is 13.7. The van der Waals surface area contributed by atoms with Gasteiger partial charge in [0.15, 0.2) is 0 Å². The first kappa shape index (κ1) is 23.1. The quantitative estimate of drug-likeness (QED) is 0.311. The molecule has 4 aliphatic carbocycles. The van der Waals surface area contributed by atoms with E-state index in [0.29, 0.717) is 20.5 Å². The van der Waals surface area contributed by atoms with Crippen molar-refractivity contribution in [2.45, 2.75) is 115 Å². The molecular formula is C27H46Br2. The van der Waals surface area contributed by atoms with Gasteiger partial charge >= 0.3 is 0 Å². The third kappa shape index (κ3) is 3.95. The van der Waals surface area contributed by atoms with Crippen LogP contribution >= 0.6 is 31.9 Å². The summed E-state index contributed by atoms with van der Waals surface area (Å²) in [4.78, 5) is 1.38. The largest absolute Gasteiger partial charge is 0.0878 e. The van der Waals surface area contributed by atoms with Crippen molar-refractivity contribution < 1.29 is 0 Å². The van der Waals surface area contributed by atoms with Gasteiger partial charge in [-0.05, 0) is 104 Å². The molecule has 4 fully saturated rings. The van der Waals surface area contributed by atoms with Crippen LogP contribution in [0, 0.1) is 52.3 Å². The van der Waals surface area contributed by atoms with E-state index in [4.69, 9.17) is 0 Å². The maximum absolute atomic E-state index is 4.13. The number of fused-ring (bicyclic) bond motifs is 5. The molecule has 4 saturated carbocycles. The molecule has 29 heavy (non-hydrogen) atoms. The number of hydrogen-bond acceptors (Lipinski definition) is 0. The number of alkyl halides is 2. The number of rotatable bonds is 5. The summed E-state index contributed by atoms with van der Waals surface area (Å²) in [6.07, 6.45) is 16.2. The average Bonchev–Trinajstić information content (AvgIpc) is 3.02. The molecule has 0 aromatic carbocycles. The molecule has 2 heteroatoms. The van der Waals surface area contributed by atoms with Gasteiger partial charge in [0.25, 0.3) is 0 Å². The van der Waals surface area contributed by atoms with Crippen molar-refractivity contribution in [3.63, 3.8) is 0 Å². The predicted octanol–water partition coefficient (Wildman–Crippen LogP) is 9.24. The molecule has 0 N–H and O–H groups in total. The van der Waals surface area contributed by atoms with Crippen LogP contribution in [0.4, 0.5) is 0 Å². The van der Waals surface area contributed by atoms with Crippen molar-refractivity contribution in [2.75, 3.05) is 0 Å². The summed E-state index contributed by atoms with van der Waals surface area (Å²) in [5, 5.41) is 0. The lowest BCUT2D eigenvalue weighted by Crippen LogP contribution is -2.56. The topological polar surface area (TPSA) is 0 Å². The predicted molar refractivity (Wildman–Crippen MR) is 134 cm³/mol. The Kier molecular flexibility index (Phi) is 6.95. The van der Waals surface area contributed by atoms with Crippen LogP contribution in [-0.4, -0.2) is 9.65 Å². The Hall–Kier alpha value is 0.960. The first-order valence-corrected chi connectivity index (χ1v) is 14.8. The van der Waals surface area contributed by atoms with Crippen molar-refractivity contribution in [2.24, 2.45) is 52.3 Å². The molecule has 0 unspecified atom stereocenters. The van der Waals surface area contributed by atoms with Gasteiger partial charge in [0, 0.05) is 9.65 Å². The Morgan fingerprint density at radius 2 is 1.41 bits per heavy atom. The third-order valence-corrected chi connectivity index (χ3v) is 13.8. The van der Waals surface area contributed by atoms with Gasteiger partial charge in [-0.15, -0.1) is 0 Å². The third-order valence-electron chi connectivity index (χ3n) is 10.8. The Morgan fingerprint density at radius 3 is 2.14 bits per heavy atom. The summed E-state index contributed by atoms with van der Waals surface area (Å²) < 4.78 is 0. The zero-order chi connectivity index (χ0) is 21.0. The van der Waals surface area contributed by atoms with E-state index in [-0.39, 0.29) is 0 Å². The molecule has 0 amide bonds. The lowest BCUT2D eigenvalue weighted by atomic mass is 9.44. The van der Waals surface area contributed by atoms with Gasteiger partial charge in [0.2, 0.25) is 0 Å². The minimum absolute atomic E-state index is 0.587. The second-order valence-electron chi connectivity index (χ2n) is 12.6. The molecule has 0 bridgehead atoms. The van der Waals surface area contributed by atoms with Gasteiger partial charge in [-0.2, -0.15) is 0 Å². The van der Waals surface area contributed by atoms with Crippen LogP contribution in [0.15, 0.2) is 0 Å². The van der Waals surface area contributed by atoms with Crippen LogP contribution < -0.4 is 0 Å². The molecule has 0 heterocycles. The van der Waals surface area contributed by atoms with E-state index in [1.165, 1.54) is 70.6 Å². The maximum Gasteiger partial charge on any atom is 0.0304 e. The molecule has 0 saturated heterocycles. The summed E-state index contributed by atoms with van der Waals surface area (Å²) in [5.74, 6) is 6.72. The molecule has 4 rings (SSSR count). The molecule has 0 radical (unpaired) electrons. The number of hydrogen-bond donors (Lipinski definition) is 0. The van der Waals surface area contributed by atoms with Crippen molar-refractivity contribution in [3.05, 3.63) is 0 Å². The zero-order valence-corrected chi connectivity index (χ0v) is 22.9. The fourth-order valence-electron chi connectivity index (χ4n) is 9.26. The highest BCUT2D eigenvalue weighted by Gasteiger charge is 2.61. The molecule has 0 aromatic rings. The smallest absolute Gasteiger partial charge is 0.0304 e. The second kappa shape index (κ2) is 8.72. The fraction of sp³-hybridized carbons (Fsp3) is 1.00. The van der Waals surface area contributed by atoms with E-state index in [2.05, 4.69) is 66.5 Å². The minimum Gasteiger partial charge on any atom is -0.0878 e. The molecule has 0 aliphatic heterocycles. The van der Waals surface area contributed by atoms with Crippen LogP contribution in [0.2, 0.25) is 0 Å². The van der Waals surface area contributed by atoms with Crippen LogP contribution in [0.5, 0.6) is 0 Å². The lowest BCUT2D eigenvalue weighted by Gasteiger charge is -2.62. The van der Waals surface area contributed by atoms with Gasteiger partial charge in [-0.3, -0.25) is 0 Å². The van der Waals surface area contributed by atoms with Gasteiger partial charge in [0.05, 0.1) is 0 Å². The highest BCUT2D eigenvalue weighted by atomic mass is 79.9. The van der Waals surface area contributed by atoms with E-state index in [1.54, 1.807) is 0 Å². The Balaban J connectivity index is 1.48. The molecule has 0 spiro atoms. The van der Waals surface area contributed by atoms with Crippen molar-refractivity contribution in [1.29, 1.82) is 0 Å². The van der Waals surface area contributed by atoms with Crippen molar-refractivity contribution >= 4 is 31.9 Å². The average molecular weight is 530 g/mol. The van der Waals surface area contributed by atoms with Crippen LogP contribution in [0.3, 0.4) is 0 Å². The van der Waals surface area contributed by atoms with Crippen LogP contribution in [0.25, 0.3) is 0 Å². The summed E-state index contributed by atoms with van der Waals surface area (Å²) in [5.41, 5.74) is 1.23. The van der Waals surface area contributed by atoms with E-state index in [0.717, 1.165) is 41.4 Å². The summed E-state index contributed by atoms with van der Waals surface area (Å²) in [6, 6.07) is 0. The van der Waals surface area contributed by atoms with Crippen LogP contribution in [-0.2, 0) is 0 Å². The summed E-state index contributed by atoms with van der Waals surface area (Å²) in [7, 11) is 0. The van der Waals surface area contributed by atoms with Gasteiger partial charge < -0.3 is 0 Å². The monoisotopic (exact) mass is 528 g/mol. The first-order valence-electron chi connectivity index (χ1n) is 13.0. The standard InChI is InChI=1S/C27H46Br2/c1-17(2)7-6-8-18(3)20-11-12-21-19-9-10-23-25(29)24(28)14-16-27(23,5)22(19)13-15-26(20,21)4/h17-25H,6-16H2,1-5H3/t18-,19+,20+,21-,22+,23+,24-,25+,26+,27-/m1/s1. The maximum atomic E-state index is 4.13.